The van der Waals surface area contributed by atoms with E-state index in [1.54, 1.807) is 13.8 Å². The predicted octanol–water partition coefficient (Wildman–Crippen LogP) is 2.66. The van der Waals surface area contributed by atoms with Gasteiger partial charge in [0.05, 0.1) is 28.1 Å². The Morgan fingerprint density at radius 2 is 2.10 bits per heavy atom. The molecule has 1 fully saturated rings. The van der Waals surface area contributed by atoms with Gasteiger partial charge in [-0.25, -0.2) is 12.8 Å². The molecule has 21 heavy (non-hydrogen) atoms. The molecule has 1 atom stereocenters. The van der Waals surface area contributed by atoms with Gasteiger partial charge in [-0.05, 0) is 38.5 Å². The second kappa shape index (κ2) is 5.93. The normalized spacial score (nSPS) is 20.7. The average molecular weight is 334 g/mol. The smallest absolute Gasteiger partial charge is 0.231 e. The average Bonchev–Trinajstić information content (AvgIpc) is 2.72. The largest absolute Gasteiger partial charge is 0.308 e. The molecule has 0 spiro atoms. The fraction of sp³-hybridized carbons (Fsp3) is 0.500. The van der Waals surface area contributed by atoms with Crippen molar-refractivity contribution in [3.05, 3.63) is 29.0 Å². The van der Waals surface area contributed by atoms with E-state index < -0.39 is 21.6 Å². The van der Waals surface area contributed by atoms with Crippen molar-refractivity contribution in [2.45, 2.75) is 26.3 Å². The van der Waals surface area contributed by atoms with Gasteiger partial charge in [-0.3, -0.25) is 4.79 Å². The van der Waals surface area contributed by atoms with Crippen molar-refractivity contribution in [3.63, 3.8) is 0 Å². The minimum absolute atomic E-state index is 0.0342. The summed E-state index contributed by atoms with van der Waals surface area (Å²) in [5.74, 6) is -1.41. The Kier molecular flexibility index (Phi) is 4.58. The van der Waals surface area contributed by atoms with Crippen LogP contribution in [0.1, 0.15) is 20.3 Å². The van der Waals surface area contributed by atoms with Crippen LogP contribution in [0.2, 0.25) is 5.02 Å². The van der Waals surface area contributed by atoms with E-state index in [9.17, 15) is 17.6 Å². The van der Waals surface area contributed by atoms with Gasteiger partial charge in [0.2, 0.25) is 5.91 Å². The molecule has 1 aromatic carbocycles. The van der Waals surface area contributed by atoms with Crippen molar-refractivity contribution in [2.24, 2.45) is 5.92 Å². The highest BCUT2D eigenvalue weighted by Crippen LogP contribution is 2.31. The second-order valence-electron chi connectivity index (χ2n) is 5.50. The zero-order valence-corrected chi connectivity index (χ0v) is 13.4. The number of carbonyl (C=O) groups excluding carboxylic acids is 1. The molecule has 1 saturated heterocycles. The minimum atomic E-state index is -3.14. The molecule has 0 saturated carbocycles. The van der Waals surface area contributed by atoms with Crippen LogP contribution in [0, 0.1) is 11.7 Å². The Labute approximate surface area is 128 Å². The van der Waals surface area contributed by atoms with Crippen LogP contribution < -0.4 is 4.90 Å². The minimum Gasteiger partial charge on any atom is -0.308 e. The zero-order chi connectivity index (χ0) is 15.8. The fourth-order valence-electron chi connectivity index (χ4n) is 2.51. The number of amides is 1. The molecule has 7 heteroatoms. The molecular weight excluding hydrogens is 317 g/mol. The molecule has 0 aromatic heterocycles. The highest BCUT2D eigenvalue weighted by atomic mass is 35.5. The maximum Gasteiger partial charge on any atom is 0.231 e. The first kappa shape index (κ1) is 16.2. The van der Waals surface area contributed by atoms with Crippen LogP contribution in [0.25, 0.3) is 0 Å². The molecule has 0 aliphatic carbocycles. The fourth-order valence-corrected chi connectivity index (χ4v) is 4.51. The quantitative estimate of drug-likeness (QED) is 0.854. The number of carbonyl (C=O) groups is 1. The van der Waals surface area contributed by atoms with Gasteiger partial charge in [-0.2, -0.15) is 0 Å². The number of nitrogens with zero attached hydrogens (tertiary/aromatic N) is 1. The standard InChI is InChI=1S/C14H17ClFNO3S/c1-9(2)17(13-4-3-11(16)7-12(13)15)14(18)10-5-6-21(19,20)8-10/h3-4,7,9-10H,5-6,8H2,1-2H3. The summed E-state index contributed by atoms with van der Waals surface area (Å²) in [7, 11) is -3.14. The summed E-state index contributed by atoms with van der Waals surface area (Å²) in [5.41, 5.74) is 0.405. The topological polar surface area (TPSA) is 54.5 Å². The molecule has 1 heterocycles. The Morgan fingerprint density at radius 3 is 2.57 bits per heavy atom. The van der Waals surface area contributed by atoms with Crippen LogP contribution in [0.3, 0.4) is 0 Å². The number of hydrogen-bond donors (Lipinski definition) is 0. The van der Waals surface area contributed by atoms with Gasteiger partial charge < -0.3 is 4.90 Å². The maximum absolute atomic E-state index is 13.1. The number of benzene rings is 1. The lowest BCUT2D eigenvalue weighted by molar-refractivity contribution is -0.122. The van der Waals surface area contributed by atoms with Crippen LogP contribution >= 0.6 is 11.6 Å². The van der Waals surface area contributed by atoms with Crippen molar-refractivity contribution in [2.75, 3.05) is 16.4 Å². The van der Waals surface area contributed by atoms with E-state index in [1.165, 1.54) is 17.0 Å². The molecule has 1 aliphatic rings. The SMILES string of the molecule is CC(C)N(C(=O)C1CCS(=O)(=O)C1)c1ccc(F)cc1Cl. The highest BCUT2D eigenvalue weighted by Gasteiger charge is 2.37. The number of sulfone groups is 1. The number of hydrogen-bond acceptors (Lipinski definition) is 3. The lowest BCUT2D eigenvalue weighted by atomic mass is 10.1. The molecule has 4 nitrogen and oxygen atoms in total. The van der Waals surface area contributed by atoms with E-state index in [-0.39, 0.29) is 28.5 Å². The molecule has 1 amide bonds. The van der Waals surface area contributed by atoms with E-state index in [0.29, 0.717) is 12.1 Å². The van der Waals surface area contributed by atoms with Crippen LogP contribution in [-0.2, 0) is 14.6 Å². The van der Waals surface area contributed by atoms with Crippen LogP contribution in [0.4, 0.5) is 10.1 Å². The van der Waals surface area contributed by atoms with Gasteiger partial charge in [0.25, 0.3) is 0 Å². The van der Waals surface area contributed by atoms with E-state index in [1.807, 2.05) is 0 Å². The molecule has 1 unspecified atom stereocenters. The number of rotatable bonds is 3. The maximum atomic E-state index is 13.1. The van der Waals surface area contributed by atoms with E-state index in [4.69, 9.17) is 11.6 Å². The third-order valence-electron chi connectivity index (χ3n) is 3.50. The van der Waals surface area contributed by atoms with E-state index >= 15 is 0 Å². The Bertz CT molecular complexity index is 660. The van der Waals surface area contributed by atoms with Crippen LogP contribution in [0.5, 0.6) is 0 Å². The van der Waals surface area contributed by atoms with Gasteiger partial charge in [0.15, 0.2) is 9.84 Å². The molecule has 0 bridgehead atoms. The summed E-state index contributed by atoms with van der Waals surface area (Å²) in [6, 6.07) is 3.61. The molecule has 0 N–H and O–H groups in total. The monoisotopic (exact) mass is 333 g/mol. The van der Waals surface area contributed by atoms with Gasteiger partial charge >= 0.3 is 0 Å². The summed E-state index contributed by atoms with van der Waals surface area (Å²) in [6.45, 7) is 3.61. The highest BCUT2D eigenvalue weighted by molar-refractivity contribution is 7.91. The molecule has 1 aliphatic heterocycles. The predicted molar refractivity (Wildman–Crippen MR) is 80.8 cm³/mol. The first-order valence-corrected chi connectivity index (χ1v) is 8.90. The molecule has 116 valence electrons. The van der Waals surface area contributed by atoms with Crippen LogP contribution in [-0.4, -0.2) is 31.9 Å². The Hall–Kier alpha value is -1.14. The summed E-state index contributed by atoms with van der Waals surface area (Å²) in [5, 5.41) is 0.137. The number of anilines is 1. The zero-order valence-electron chi connectivity index (χ0n) is 11.8. The van der Waals surface area contributed by atoms with Crippen molar-refractivity contribution >= 4 is 33.0 Å². The number of halogens is 2. The van der Waals surface area contributed by atoms with Gasteiger partial charge in [0, 0.05) is 6.04 Å². The third kappa shape index (κ3) is 3.55. The summed E-state index contributed by atoms with van der Waals surface area (Å²) >= 11 is 6.02. The summed E-state index contributed by atoms with van der Waals surface area (Å²) in [4.78, 5) is 14.1. The summed E-state index contributed by atoms with van der Waals surface area (Å²) < 4.78 is 36.2. The van der Waals surface area contributed by atoms with Crippen molar-refractivity contribution in [3.8, 4) is 0 Å². The van der Waals surface area contributed by atoms with E-state index in [0.717, 1.165) is 6.07 Å². The molecule has 1 aromatic rings. The second-order valence-corrected chi connectivity index (χ2v) is 8.13. The van der Waals surface area contributed by atoms with Crippen molar-refractivity contribution in [1.29, 1.82) is 0 Å². The molecule has 0 radical (unpaired) electrons. The third-order valence-corrected chi connectivity index (χ3v) is 5.58. The van der Waals surface area contributed by atoms with Gasteiger partial charge in [-0.15, -0.1) is 0 Å². The Morgan fingerprint density at radius 1 is 1.43 bits per heavy atom. The Balaban J connectivity index is 2.33. The van der Waals surface area contributed by atoms with Gasteiger partial charge in [0.1, 0.15) is 5.82 Å². The molecule has 2 rings (SSSR count). The van der Waals surface area contributed by atoms with Gasteiger partial charge in [-0.1, -0.05) is 11.6 Å². The summed E-state index contributed by atoms with van der Waals surface area (Å²) in [6.07, 6.45) is 0.323. The first-order chi connectivity index (χ1) is 9.71. The first-order valence-electron chi connectivity index (χ1n) is 6.70. The van der Waals surface area contributed by atoms with Crippen LogP contribution in [0.15, 0.2) is 18.2 Å². The molecular formula is C14H17ClFNO3S. The lowest BCUT2D eigenvalue weighted by Crippen LogP contribution is -2.41. The van der Waals surface area contributed by atoms with Crippen molar-refractivity contribution < 1.29 is 17.6 Å². The lowest BCUT2D eigenvalue weighted by Gasteiger charge is -2.30. The van der Waals surface area contributed by atoms with E-state index in [2.05, 4.69) is 0 Å². The van der Waals surface area contributed by atoms with Crippen molar-refractivity contribution in [1.82, 2.24) is 0 Å².